The summed E-state index contributed by atoms with van der Waals surface area (Å²) in [5.74, 6) is 0.154. The first kappa shape index (κ1) is 24.9. The molecule has 0 fully saturated rings. The fourth-order valence-corrected chi connectivity index (χ4v) is 3.62. The molecule has 0 aliphatic heterocycles. The van der Waals surface area contributed by atoms with E-state index in [4.69, 9.17) is 14.2 Å². The number of rotatable bonds is 19. The number of ether oxygens (including phenoxy) is 3. The van der Waals surface area contributed by atoms with Crippen LogP contribution < -0.4 is 0 Å². The molecule has 0 saturated carbocycles. The van der Waals surface area contributed by atoms with Gasteiger partial charge in [0.05, 0.1) is 0 Å². The van der Waals surface area contributed by atoms with E-state index in [-0.39, 0.29) is 0 Å². The molecule has 0 aliphatic carbocycles. The molecule has 152 valence electrons. The molecule has 1 atom stereocenters. The largest absolute Gasteiger partial charge is 0.328 e. The van der Waals surface area contributed by atoms with Crippen LogP contribution in [-0.4, -0.2) is 25.8 Å². The molecule has 0 N–H and O–H groups in total. The predicted octanol–water partition coefficient (Wildman–Crippen LogP) is 7.09. The van der Waals surface area contributed by atoms with E-state index < -0.39 is 5.97 Å². The van der Waals surface area contributed by atoms with Crippen molar-refractivity contribution in [2.24, 2.45) is 5.92 Å². The quantitative estimate of drug-likeness (QED) is 0.182. The SMILES string of the molecule is CCCC(CC)CCCCCCCCCC(OCC)(OCC)OCC. The maximum absolute atomic E-state index is 5.78. The molecular formula is C22H46O3. The van der Waals surface area contributed by atoms with Gasteiger partial charge in [0.15, 0.2) is 0 Å². The minimum absolute atomic E-state index is 0.622. The Labute approximate surface area is 158 Å². The highest BCUT2D eigenvalue weighted by Crippen LogP contribution is 2.24. The van der Waals surface area contributed by atoms with E-state index in [0.29, 0.717) is 19.8 Å². The van der Waals surface area contributed by atoms with Crippen LogP contribution in [0.2, 0.25) is 0 Å². The highest BCUT2D eigenvalue weighted by molar-refractivity contribution is 4.60. The summed E-state index contributed by atoms with van der Waals surface area (Å²) in [6.45, 7) is 12.5. The van der Waals surface area contributed by atoms with Gasteiger partial charge in [0.2, 0.25) is 0 Å². The molecule has 0 heterocycles. The molecule has 0 saturated heterocycles. The lowest BCUT2D eigenvalue weighted by Crippen LogP contribution is -2.39. The average Bonchev–Trinajstić information content (AvgIpc) is 2.60. The lowest BCUT2D eigenvalue weighted by atomic mass is 9.94. The van der Waals surface area contributed by atoms with Crippen molar-refractivity contribution >= 4 is 0 Å². The standard InChI is InChI=1S/C22H46O3/c1-6-18-21(7-2)19-16-14-12-11-13-15-17-20-22(23-8-3,24-9-4)25-10-5/h21H,6-20H2,1-5H3. The van der Waals surface area contributed by atoms with Gasteiger partial charge in [-0.3, -0.25) is 0 Å². The maximum atomic E-state index is 5.78. The van der Waals surface area contributed by atoms with Crippen LogP contribution in [0.25, 0.3) is 0 Å². The summed E-state index contributed by atoms with van der Waals surface area (Å²) in [4.78, 5) is 0. The third kappa shape index (κ3) is 12.8. The van der Waals surface area contributed by atoms with Gasteiger partial charge in [-0.15, -0.1) is 0 Å². The lowest BCUT2D eigenvalue weighted by Gasteiger charge is -2.32. The van der Waals surface area contributed by atoms with Crippen molar-refractivity contribution in [3.05, 3.63) is 0 Å². The van der Waals surface area contributed by atoms with Crippen LogP contribution in [0.1, 0.15) is 112 Å². The second-order valence-corrected chi connectivity index (χ2v) is 7.06. The van der Waals surface area contributed by atoms with E-state index >= 15 is 0 Å². The minimum Gasteiger partial charge on any atom is -0.328 e. The Morgan fingerprint density at radius 1 is 0.600 bits per heavy atom. The van der Waals surface area contributed by atoms with Crippen LogP contribution in [0.4, 0.5) is 0 Å². The molecule has 25 heavy (non-hydrogen) atoms. The van der Waals surface area contributed by atoms with Crippen molar-refractivity contribution in [1.82, 2.24) is 0 Å². The molecule has 0 amide bonds. The second-order valence-electron chi connectivity index (χ2n) is 7.06. The molecule has 3 nitrogen and oxygen atoms in total. The monoisotopic (exact) mass is 358 g/mol. The highest BCUT2D eigenvalue weighted by atomic mass is 16.9. The van der Waals surface area contributed by atoms with Crippen LogP contribution >= 0.6 is 0 Å². The minimum atomic E-state index is -0.813. The smallest absolute Gasteiger partial charge is 0.282 e. The van der Waals surface area contributed by atoms with Gasteiger partial charge >= 0.3 is 0 Å². The highest BCUT2D eigenvalue weighted by Gasteiger charge is 2.31. The maximum Gasteiger partial charge on any atom is 0.282 e. The van der Waals surface area contributed by atoms with E-state index in [1.807, 2.05) is 20.8 Å². The first-order valence-corrected chi connectivity index (χ1v) is 11.1. The molecule has 0 aliphatic rings. The molecule has 0 aromatic heterocycles. The van der Waals surface area contributed by atoms with E-state index in [0.717, 1.165) is 18.8 Å². The summed E-state index contributed by atoms with van der Waals surface area (Å²) < 4.78 is 17.3. The summed E-state index contributed by atoms with van der Waals surface area (Å²) in [6.07, 6.45) is 15.6. The fourth-order valence-electron chi connectivity index (χ4n) is 3.62. The molecule has 0 spiro atoms. The third-order valence-corrected chi connectivity index (χ3v) is 4.96. The van der Waals surface area contributed by atoms with Crippen molar-refractivity contribution in [2.75, 3.05) is 19.8 Å². The topological polar surface area (TPSA) is 27.7 Å². The summed E-state index contributed by atoms with van der Waals surface area (Å²) in [7, 11) is 0. The zero-order valence-electron chi connectivity index (χ0n) is 17.9. The lowest BCUT2D eigenvalue weighted by molar-refractivity contribution is -0.380. The molecule has 0 aromatic rings. The van der Waals surface area contributed by atoms with Crippen molar-refractivity contribution in [1.29, 1.82) is 0 Å². The second kappa shape index (κ2) is 17.3. The van der Waals surface area contributed by atoms with Crippen LogP contribution in [-0.2, 0) is 14.2 Å². The van der Waals surface area contributed by atoms with Gasteiger partial charge in [-0.05, 0) is 33.1 Å². The molecule has 1 unspecified atom stereocenters. The first-order valence-electron chi connectivity index (χ1n) is 11.1. The summed E-state index contributed by atoms with van der Waals surface area (Å²) in [5, 5.41) is 0. The molecule has 3 heteroatoms. The zero-order chi connectivity index (χ0) is 18.8. The van der Waals surface area contributed by atoms with Gasteiger partial charge in [-0.2, -0.15) is 0 Å². The van der Waals surface area contributed by atoms with E-state index in [1.165, 1.54) is 64.2 Å². The Hall–Kier alpha value is -0.120. The van der Waals surface area contributed by atoms with Crippen LogP contribution in [0, 0.1) is 5.92 Å². The number of hydrogen-bond donors (Lipinski definition) is 0. The molecule has 0 rings (SSSR count). The molecule has 0 bridgehead atoms. The number of hydrogen-bond acceptors (Lipinski definition) is 3. The summed E-state index contributed by atoms with van der Waals surface area (Å²) >= 11 is 0. The molecule has 0 radical (unpaired) electrons. The Bertz CT molecular complexity index is 251. The van der Waals surface area contributed by atoms with Crippen LogP contribution in [0.15, 0.2) is 0 Å². The summed E-state index contributed by atoms with van der Waals surface area (Å²) in [5.41, 5.74) is 0. The molecular weight excluding hydrogens is 312 g/mol. The van der Waals surface area contributed by atoms with Crippen LogP contribution in [0.3, 0.4) is 0 Å². The fraction of sp³-hybridized carbons (Fsp3) is 1.00. The molecule has 0 aromatic carbocycles. The van der Waals surface area contributed by atoms with Gasteiger partial charge in [0.1, 0.15) is 0 Å². The van der Waals surface area contributed by atoms with Crippen molar-refractivity contribution < 1.29 is 14.2 Å². The van der Waals surface area contributed by atoms with Crippen LogP contribution in [0.5, 0.6) is 0 Å². The normalized spacial score (nSPS) is 13.3. The zero-order valence-corrected chi connectivity index (χ0v) is 17.9. The van der Waals surface area contributed by atoms with Gasteiger partial charge in [0, 0.05) is 26.2 Å². The Kier molecular flexibility index (Phi) is 17.2. The van der Waals surface area contributed by atoms with E-state index in [2.05, 4.69) is 13.8 Å². The third-order valence-electron chi connectivity index (χ3n) is 4.96. The average molecular weight is 359 g/mol. The summed E-state index contributed by atoms with van der Waals surface area (Å²) in [6, 6.07) is 0. The van der Waals surface area contributed by atoms with Gasteiger partial charge in [-0.1, -0.05) is 78.1 Å². The Morgan fingerprint density at radius 2 is 1.08 bits per heavy atom. The van der Waals surface area contributed by atoms with Gasteiger partial charge in [0.25, 0.3) is 5.97 Å². The van der Waals surface area contributed by atoms with Gasteiger partial charge in [-0.25, -0.2) is 0 Å². The van der Waals surface area contributed by atoms with E-state index in [1.54, 1.807) is 0 Å². The predicted molar refractivity (Wildman–Crippen MR) is 108 cm³/mol. The number of unbranched alkanes of at least 4 members (excludes halogenated alkanes) is 6. The van der Waals surface area contributed by atoms with Crippen molar-refractivity contribution in [3.8, 4) is 0 Å². The first-order chi connectivity index (χ1) is 12.2. The Morgan fingerprint density at radius 3 is 1.52 bits per heavy atom. The van der Waals surface area contributed by atoms with Crippen molar-refractivity contribution in [3.63, 3.8) is 0 Å². The van der Waals surface area contributed by atoms with E-state index in [9.17, 15) is 0 Å². The van der Waals surface area contributed by atoms with Crippen molar-refractivity contribution in [2.45, 2.75) is 118 Å². The Balaban J connectivity index is 3.75. The van der Waals surface area contributed by atoms with Gasteiger partial charge < -0.3 is 14.2 Å².